The van der Waals surface area contributed by atoms with Gasteiger partial charge in [-0.3, -0.25) is 9.69 Å². The number of aliphatic imine (C=N–C) groups is 1. The van der Waals surface area contributed by atoms with Gasteiger partial charge in [0.1, 0.15) is 5.76 Å². The maximum absolute atomic E-state index is 12.5. The number of rotatable bonds is 4. The van der Waals surface area contributed by atoms with Crippen LogP contribution in [0.5, 0.6) is 0 Å². The highest BCUT2D eigenvalue weighted by atomic mass is 79.9. The van der Waals surface area contributed by atoms with Gasteiger partial charge in [0.25, 0.3) is 5.91 Å². The van der Waals surface area contributed by atoms with Crippen LogP contribution in [0.25, 0.3) is 6.08 Å². The number of carboxylic acids is 1. The molecule has 0 radical (unpaired) electrons. The van der Waals surface area contributed by atoms with Crippen LogP contribution >= 0.6 is 27.7 Å². The third-order valence-electron chi connectivity index (χ3n) is 3.39. The predicted molar refractivity (Wildman–Crippen MR) is 99.9 cm³/mol. The number of hydrogen-bond donors (Lipinski definition) is 1. The highest BCUT2D eigenvalue weighted by Crippen LogP contribution is 2.34. The van der Waals surface area contributed by atoms with Gasteiger partial charge in [0.15, 0.2) is 9.84 Å². The number of benzene rings is 1. The number of nitrogens with zero attached hydrogens (tertiary/aromatic N) is 2. The van der Waals surface area contributed by atoms with E-state index in [-0.39, 0.29) is 11.5 Å². The van der Waals surface area contributed by atoms with E-state index in [0.717, 1.165) is 0 Å². The van der Waals surface area contributed by atoms with Gasteiger partial charge >= 0.3 is 5.97 Å². The topological polar surface area (TPSA) is 83.1 Å². The zero-order chi connectivity index (χ0) is 18.0. The second-order valence-corrected chi connectivity index (χ2v) is 6.84. The number of amidine groups is 1. The second kappa shape index (κ2) is 7.28. The summed E-state index contributed by atoms with van der Waals surface area (Å²) in [5.41, 5.74) is 0.631. The molecular weight excluding hydrogens is 408 g/mol. The Morgan fingerprint density at radius 3 is 2.84 bits per heavy atom. The fourth-order valence-electron chi connectivity index (χ4n) is 2.22. The average Bonchev–Trinajstić information content (AvgIpc) is 3.11. The Morgan fingerprint density at radius 1 is 1.40 bits per heavy atom. The van der Waals surface area contributed by atoms with E-state index in [4.69, 9.17) is 9.52 Å². The molecule has 1 aromatic carbocycles. The molecular formula is C17H13BrN2O4S. The molecule has 0 saturated carbocycles. The molecule has 1 saturated heterocycles. The van der Waals surface area contributed by atoms with Gasteiger partial charge in [0, 0.05) is 12.6 Å². The minimum atomic E-state index is -1.02. The zero-order valence-electron chi connectivity index (χ0n) is 13.1. The van der Waals surface area contributed by atoms with Gasteiger partial charge in [-0.1, -0.05) is 6.07 Å². The molecule has 3 rings (SSSR count). The van der Waals surface area contributed by atoms with Crippen LogP contribution in [0.4, 0.5) is 5.69 Å². The molecule has 6 nitrogen and oxygen atoms in total. The molecule has 128 valence electrons. The molecule has 1 aliphatic heterocycles. The van der Waals surface area contributed by atoms with Crippen molar-refractivity contribution < 1.29 is 19.1 Å². The summed E-state index contributed by atoms with van der Waals surface area (Å²) in [4.78, 5) is 30.1. The maximum Gasteiger partial charge on any atom is 0.335 e. The van der Waals surface area contributed by atoms with Crippen LogP contribution in [-0.4, -0.2) is 33.6 Å². The van der Waals surface area contributed by atoms with Gasteiger partial charge in [-0.05, 0) is 64.9 Å². The maximum atomic E-state index is 12.5. The highest BCUT2D eigenvalue weighted by Gasteiger charge is 2.32. The molecule has 0 aliphatic carbocycles. The molecule has 25 heavy (non-hydrogen) atoms. The summed E-state index contributed by atoms with van der Waals surface area (Å²) in [5, 5.41) is 9.58. The minimum Gasteiger partial charge on any atom is -0.478 e. The normalized spacial score (nSPS) is 17.7. The molecule has 2 heterocycles. The number of aromatic carboxylic acids is 1. The summed E-state index contributed by atoms with van der Waals surface area (Å²) in [6.07, 6.45) is 1.66. The fraction of sp³-hybridized carbons (Fsp3) is 0.118. The molecule has 0 atom stereocenters. The molecule has 2 aromatic rings. The van der Waals surface area contributed by atoms with E-state index in [1.54, 1.807) is 35.2 Å². The van der Waals surface area contributed by atoms with Crippen molar-refractivity contribution in [3.63, 3.8) is 0 Å². The van der Waals surface area contributed by atoms with Crippen molar-refractivity contribution in [2.45, 2.75) is 6.92 Å². The third kappa shape index (κ3) is 3.85. The van der Waals surface area contributed by atoms with E-state index >= 15 is 0 Å². The SMILES string of the molecule is CCN1C(=O)/C(=C\c2ccc(Br)o2)SC1=Nc1cccc(C(=O)O)c1. The molecule has 1 amide bonds. The molecule has 0 unspecified atom stereocenters. The summed E-state index contributed by atoms with van der Waals surface area (Å²) >= 11 is 4.46. The second-order valence-electron chi connectivity index (χ2n) is 5.05. The standard InChI is InChI=1S/C17H13BrN2O4S/c1-2-20-15(21)13(9-12-6-7-14(18)24-12)25-17(20)19-11-5-3-4-10(8-11)16(22)23/h3-9H,2H2,1H3,(H,22,23)/b13-9+,19-17?. The van der Waals surface area contributed by atoms with E-state index in [1.165, 1.54) is 23.9 Å². The van der Waals surface area contributed by atoms with Gasteiger partial charge in [-0.2, -0.15) is 0 Å². The lowest BCUT2D eigenvalue weighted by Crippen LogP contribution is -2.28. The van der Waals surface area contributed by atoms with Crippen molar-refractivity contribution in [2.75, 3.05) is 6.54 Å². The highest BCUT2D eigenvalue weighted by molar-refractivity contribution is 9.10. The molecule has 1 aromatic heterocycles. The lowest BCUT2D eigenvalue weighted by molar-refractivity contribution is -0.122. The van der Waals surface area contributed by atoms with E-state index in [0.29, 0.717) is 32.7 Å². The van der Waals surface area contributed by atoms with Gasteiger partial charge in [-0.15, -0.1) is 0 Å². The Balaban J connectivity index is 1.93. The van der Waals surface area contributed by atoms with Crippen LogP contribution in [0.15, 0.2) is 55.4 Å². The first-order chi connectivity index (χ1) is 12.0. The van der Waals surface area contributed by atoms with Crippen LogP contribution < -0.4 is 0 Å². The van der Waals surface area contributed by atoms with Crippen molar-refractivity contribution in [3.05, 3.63) is 57.3 Å². The van der Waals surface area contributed by atoms with E-state index in [1.807, 2.05) is 6.92 Å². The number of carboxylic acid groups (broad SMARTS) is 1. The molecule has 1 N–H and O–H groups in total. The van der Waals surface area contributed by atoms with Crippen LogP contribution in [0.2, 0.25) is 0 Å². The minimum absolute atomic E-state index is 0.149. The molecule has 1 aliphatic rings. The molecule has 8 heteroatoms. The number of thioether (sulfide) groups is 1. The van der Waals surface area contributed by atoms with Crippen molar-refractivity contribution >= 4 is 56.5 Å². The average molecular weight is 421 g/mol. The number of amides is 1. The third-order valence-corrected chi connectivity index (χ3v) is 4.82. The Hall–Kier alpha value is -2.32. The van der Waals surface area contributed by atoms with Crippen LogP contribution in [-0.2, 0) is 4.79 Å². The van der Waals surface area contributed by atoms with Gasteiger partial charge in [-0.25, -0.2) is 9.79 Å². The first kappa shape index (κ1) is 17.5. The fourth-order valence-corrected chi connectivity index (χ4v) is 3.59. The summed E-state index contributed by atoms with van der Waals surface area (Å²) in [6, 6.07) is 9.80. The van der Waals surface area contributed by atoms with E-state index < -0.39 is 5.97 Å². The summed E-state index contributed by atoms with van der Waals surface area (Å²) in [7, 11) is 0. The number of hydrogen-bond acceptors (Lipinski definition) is 5. The first-order valence-electron chi connectivity index (χ1n) is 7.36. The molecule has 1 fully saturated rings. The number of carbonyl (C=O) groups is 2. The Kier molecular flexibility index (Phi) is 5.10. The number of carbonyl (C=O) groups excluding carboxylic acids is 1. The summed E-state index contributed by atoms with van der Waals surface area (Å²) < 4.78 is 5.99. The van der Waals surface area contributed by atoms with Crippen LogP contribution in [0.3, 0.4) is 0 Å². The number of halogens is 1. The number of likely N-dealkylation sites (N-methyl/N-ethyl adjacent to an activating group) is 1. The Labute approximate surface area is 156 Å². The lowest BCUT2D eigenvalue weighted by Gasteiger charge is -2.12. The predicted octanol–water partition coefficient (Wildman–Crippen LogP) is 4.36. The van der Waals surface area contributed by atoms with Gasteiger partial charge < -0.3 is 9.52 Å². The molecule has 0 spiro atoms. The Bertz CT molecular complexity index is 904. The lowest BCUT2D eigenvalue weighted by atomic mass is 10.2. The number of furan rings is 1. The zero-order valence-corrected chi connectivity index (χ0v) is 15.5. The first-order valence-corrected chi connectivity index (χ1v) is 8.97. The van der Waals surface area contributed by atoms with Gasteiger partial charge in [0.2, 0.25) is 0 Å². The van der Waals surface area contributed by atoms with Crippen molar-refractivity contribution in [3.8, 4) is 0 Å². The Morgan fingerprint density at radius 2 is 2.20 bits per heavy atom. The summed E-state index contributed by atoms with van der Waals surface area (Å²) in [6.45, 7) is 2.32. The van der Waals surface area contributed by atoms with Crippen LogP contribution in [0.1, 0.15) is 23.0 Å². The summed E-state index contributed by atoms with van der Waals surface area (Å²) in [5.74, 6) is -0.616. The van der Waals surface area contributed by atoms with Crippen molar-refractivity contribution in [1.29, 1.82) is 0 Å². The van der Waals surface area contributed by atoms with Crippen molar-refractivity contribution in [1.82, 2.24) is 4.90 Å². The van der Waals surface area contributed by atoms with E-state index in [9.17, 15) is 9.59 Å². The quantitative estimate of drug-likeness (QED) is 0.742. The largest absolute Gasteiger partial charge is 0.478 e. The van der Waals surface area contributed by atoms with Crippen molar-refractivity contribution in [2.24, 2.45) is 4.99 Å². The van der Waals surface area contributed by atoms with Crippen LogP contribution in [0, 0.1) is 0 Å². The van der Waals surface area contributed by atoms with Gasteiger partial charge in [0.05, 0.1) is 16.2 Å². The smallest absolute Gasteiger partial charge is 0.335 e. The molecule has 0 bridgehead atoms. The van der Waals surface area contributed by atoms with E-state index in [2.05, 4.69) is 20.9 Å². The monoisotopic (exact) mass is 420 g/mol.